The Hall–Kier alpha value is -0.680. The Bertz CT molecular complexity index is 391. The first kappa shape index (κ1) is 12.8. The highest BCUT2D eigenvalue weighted by Crippen LogP contribution is 2.36. The Morgan fingerprint density at radius 3 is 2.94 bits per heavy atom. The van der Waals surface area contributed by atoms with E-state index in [4.69, 9.17) is 10.5 Å². The second-order valence-electron chi connectivity index (χ2n) is 4.55. The normalized spacial score (nSPS) is 24.4. The van der Waals surface area contributed by atoms with Gasteiger partial charge < -0.3 is 10.5 Å². The monoisotopic (exact) mass is 255 g/mol. The van der Waals surface area contributed by atoms with E-state index in [2.05, 4.69) is 18.9 Å². The van der Waals surface area contributed by atoms with E-state index in [1.165, 1.54) is 0 Å². The molecule has 0 amide bonds. The number of ether oxygens (including phenoxy) is 1. The zero-order valence-electron chi connectivity index (χ0n) is 10.8. The summed E-state index contributed by atoms with van der Waals surface area (Å²) in [5.74, 6) is 0. The molecule has 0 radical (unpaired) electrons. The number of aromatic nitrogens is 2. The van der Waals surface area contributed by atoms with Crippen molar-refractivity contribution in [1.82, 2.24) is 9.78 Å². The fourth-order valence-corrected chi connectivity index (χ4v) is 3.37. The van der Waals surface area contributed by atoms with Crippen LogP contribution in [0.15, 0.2) is 5.03 Å². The summed E-state index contributed by atoms with van der Waals surface area (Å²) < 4.78 is 7.63. The molecule has 2 unspecified atom stereocenters. The molecule has 2 atom stereocenters. The second-order valence-corrected chi connectivity index (χ2v) is 5.78. The maximum absolute atomic E-state index is 6.11. The Morgan fingerprint density at radius 2 is 2.35 bits per heavy atom. The fraction of sp³-hybridized carbons (Fsp3) is 0.750. The van der Waals surface area contributed by atoms with Gasteiger partial charge in [0.1, 0.15) is 5.03 Å². The minimum absolute atomic E-state index is 0.310. The van der Waals surface area contributed by atoms with Crippen LogP contribution in [0.4, 0.5) is 5.69 Å². The van der Waals surface area contributed by atoms with Crippen LogP contribution in [-0.4, -0.2) is 27.7 Å². The first-order valence-electron chi connectivity index (χ1n) is 6.24. The summed E-state index contributed by atoms with van der Waals surface area (Å²) in [5, 5.41) is 6.12. The van der Waals surface area contributed by atoms with Crippen LogP contribution in [0.1, 0.15) is 32.4 Å². The number of rotatable bonds is 4. The van der Waals surface area contributed by atoms with Crippen LogP contribution in [0.5, 0.6) is 0 Å². The van der Waals surface area contributed by atoms with Crippen molar-refractivity contribution in [2.24, 2.45) is 0 Å². The molecule has 17 heavy (non-hydrogen) atoms. The summed E-state index contributed by atoms with van der Waals surface area (Å²) in [7, 11) is 0. The Labute approximate surface area is 107 Å². The minimum Gasteiger partial charge on any atom is -0.395 e. The van der Waals surface area contributed by atoms with Gasteiger partial charge in [-0.05, 0) is 26.7 Å². The van der Waals surface area contributed by atoms with E-state index in [1.54, 1.807) is 0 Å². The molecule has 2 rings (SSSR count). The summed E-state index contributed by atoms with van der Waals surface area (Å²) in [6.07, 6.45) is 2.48. The van der Waals surface area contributed by atoms with E-state index in [0.717, 1.165) is 42.4 Å². The molecular formula is C12H21N3OS. The quantitative estimate of drug-likeness (QED) is 0.898. The fourth-order valence-electron chi connectivity index (χ4n) is 2.07. The van der Waals surface area contributed by atoms with Crippen molar-refractivity contribution in [1.29, 1.82) is 0 Å². The Morgan fingerprint density at radius 1 is 1.59 bits per heavy atom. The van der Waals surface area contributed by atoms with Crippen LogP contribution >= 0.6 is 11.8 Å². The molecule has 1 fully saturated rings. The molecule has 0 aromatic carbocycles. The largest absolute Gasteiger partial charge is 0.395 e. The van der Waals surface area contributed by atoms with Crippen LogP contribution in [0.25, 0.3) is 0 Å². The van der Waals surface area contributed by atoms with Crippen LogP contribution in [0.3, 0.4) is 0 Å². The SMILES string of the molecule is CCCn1nc(C)c(N)c1SC1CCOC1C. The molecule has 0 spiro atoms. The third-order valence-electron chi connectivity index (χ3n) is 3.13. The number of nitrogens with zero attached hydrogens (tertiary/aromatic N) is 2. The number of hydrogen-bond acceptors (Lipinski definition) is 4. The van der Waals surface area contributed by atoms with Crippen LogP contribution in [-0.2, 0) is 11.3 Å². The van der Waals surface area contributed by atoms with Gasteiger partial charge in [-0.25, -0.2) is 0 Å². The topological polar surface area (TPSA) is 53.1 Å². The van der Waals surface area contributed by atoms with Gasteiger partial charge in [0.15, 0.2) is 0 Å². The number of aryl methyl sites for hydroxylation is 2. The number of nitrogen functional groups attached to an aromatic ring is 1. The lowest BCUT2D eigenvalue weighted by atomic mass is 10.3. The lowest BCUT2D eigenvalue weighted by Gasteiger charge is -2.14. The maximum Gasteiger partial charge on any atom is 0.118 e. The molecule has 96 valence electrons. The van der Waals surface area contributed by atoms with Crippen molar-refractivity contribution in [3.8, 4) is 0 Å². The number of anilines is 1. The van der Waals surface area contributed by atoms with Gasteiger partial charge in [0.05, 0.1) is 17.5 Å². The minimum atomic E-state index is 0.310. The lowest BCUT2D eigenvalue weighted by Crippen LogP contribution is -2.14. The number of nitrogens with two attached hydrogens (primary N) is 1. The molecule has 1 saturated heterocycles. The van der Waals surface area contributed by atoms with E-state index >= 15 is 0 Å². The van der Waals surface area contributed by atoms with Crippen molar-refractivity contribution in [2.75, 3.05) is 12.3 Å². The van der Waals surface area contributed by atoms with E-state index in [0.29, 0.717) is 11.4 Å². The molecule has 2 heterocycles. The average molecular weight is 255 g/mol. The predicted octanol–water partition coefficient (Wildman–Crippen LogP) is 2.45. The molecule has 0 aliphatic carbocycles. The summed E-state index contributed by atoms with van der Waals surface area (Å²) in [5.41, 5.74) is 7.89. The van der Waals surface area contributed by atoms with Crippen molar-refractivity contribution in [3.05, 3.63) is 5.69 Å². The highest BCUT2D eigenvalue weighted by atomic mass is 32.2. The van der Waals surface area contributed by atoms with Gasteiger partial charge in [0.2, 0.25) is 0 Å². The van der Waals surface area contributed by atoms with Gasteiger partial charge in [-0.3, -0.25) is 4.68 Å². The predicted molar refractivity (Wildman–Crippen MR) is 71.3 cm³/mol. The smallest absolute Gasteiger partial charge is 0.118 e. The first-order chi connectivity index (χ1) is 8.13. The van der Waals surface area contributed by atoms with Crippen molar-refractivity contribution in [2.45, 2.75) is 56.5 Å². The second kappa shape index (κ2) is 5.31. The number of hydrogen-bond donors (Lipinski definition) is 1. The zero-order chi connectivity index (χ0) is 12.4. The molecule has 0 bridgehead atoms. The van der Waals surface area contributed by atoms with Gasteiger partial charge in [0.25, 0.3) is 0 Å². The highest BCUT2D eigenvalue weighted by molar-refractivity contribution is 8.00. The zero-order valence-corrected chi connectivity index (χ0v) is 11.6. The third-order valence-corrected chi connectivity index (χ3v) is 4.71. The lowest BCUT2D eigenvalue weighted by molar-refractivity contribution is 0.127. The third kappa shape index (κ3) is 2.60. The van der Waals surface area contributed by atoms with Crippen LogP contribution in [0.2, 0.25) is 0 Å². The summed E-state index contributed by atoms with van der Waals surface area (Å²) in [4.78, 5) is 0. The average Bonchev–Trinajstić information content (AvgIpc) is 2.80. The maximum atomic E-state index is 6.11. The van der Waals surface area contributed by atoms with Crippen molar-refractivity contribution >= 4 is 17.4 Å². The van der Waals surface area contributed by atoms with Crippen molar-refractivity contribution < 1.29 is 4.74 Å². The van der Waals surface area contributed by atoms with Gasteiger partial charge in [-0.15, -0.1) is 0 Å². The van der Waals surface area contributed by atoms with Crippen LogP contribution in [0, 0.1) is 6.92 Å². The van der Waals surface area contributed by atoms with Crippen molar-refractivity contribution in [3.63, 3.8) is 0 Å². The molecule has 1 aliphatic rings. The molecule has 1 aliphatic heterocycles. The van der Waals surface area contributed by atoms with Crippen LogP contribution < -0.4 is 5.73 Å². The highest BCUT2D eigenvalue weighted by Gasteiger charge is 2.27. The first-order valence-corrected chi connectivity index (χ1v) is 7.12. The molecule has 0 saturated carbocycles. The standard InChI is InChI=1S/C12H21N3OS/c1-4-6-15-12(11(13)8(2)14-15)17-10-5-7-16-9(10)3/h9-10H,4-7,13H2,1-3H3. The van der Waals surface area contributed by atoms with Gasteiger partial charge in [0, 0.05) is 18.4 Å². The molecule has 5 heteroatoms. The van der Waals surface area contributed by atoms with Gasteiger partial charge in [-0.1, -0.05) is 18.7 Å². The van der Waals surface area contributed by atoms with Gasteiger partial charge in [-0.2, -0.15) is 5.10 Å². The Kier molecular flexibility index (Phi) is 3.99. The molecule has 2 N–H and O–H groups in total. The molecule has 1 aromatic rings. The van der Waals surface area contributed by atoms with E-state index < -0.39 is 0 Å². The number of thioether (sulfide) groups is 1. The summed E-state index contributed by atoms with van der Waals surface area (Å²) in [6, 6.07) is 0. The molecular weight excluding hydrogens is 234 g/mol. The molecule has 4 nitrogen and oxygen atoms in total. The van der Waals surface area contributed by atoms with E-state index in [-0.39, 0.29) is 0 Å². The summed E-state index contributed by atoms with van der Waals surface area (Å²) in [6.45, 7) is 8.05. The van der Waals surface area contributed by atoms with E-state index in [9.17, 15) is 0 Å². The van der Waals surface area contributed by atoms with E-state index in [1.807, 2.05) is 23.4 Å². The molecule has 1 aromatic heterocycles. The summed E-state index contributed by atoms with van der Waals surface area (Å²) >= 11 is 1.82. The van der Waals surface area contributed by atoms with Gasteiger partial charge >= 0.3 is 0 Å². The Balaban J connectivity index is 2.18.